The molecule has 0 spiro atoms. The molecule has 0 heterocycles. The summed E-state index contributed by atoms with van der Waals surface area (Å²) in [4.78, 5) is 11.1. The van der Waals surface area contributed by atoms with Crippen molar-refractivity contribution in [2.75, 3.05) is 5.32 Å². The number of carbonyl (C=O) groups is 1. The van der Waals surface area contributed by atoms with Gasteiger partial charge in [-0.2, -0.15) is 0 Å². The van der Waals surface area contributed by atoms with E-state index in [4.69, 9.17) is 5.73 Å². The van der Waals surface area contributed by atoms with Crippen LogP contribution in [0.1, 0.15) is 29.2 Å². The van der Waals surface area contributed by atoms with Crippen molar-refractivity contribution in [2.24, 2.45) is 5.73 Å². The molecule has 0 aromatic heterocycles. The molecule has 1 atom stereocenters. The maximum absolute atomic E-state index is 13.3. The SMILES string of the molecule is NC(=O)Cc1ccccc1NC1CCc2cc(F)ccc21. The number of fused-ring (bicyclic) bond motifs is 1. The first kappa shape index (κ1) is 13.6. The van der Waals surface area contributed by atoms with Gasteiger partial charge in [0.25, 0.3) is 0 Å². The molecule has 0 bridgehead atoms. The highest BCUT2D eigenvalue weighted by atomic mass is 19.1. The Morgan fingerprint density at radius 1 is 1.29 bits per heavy atom. The van der Waals surface area contributed by atoms with Crippen molar-refractivity contribution in [3.05, 3.63) is 65.0 Å². The molecule has 3 N–H and O–H groups in total. The lowest BCUT2D eigenvalue weighted by molar-refractivity contribution is -0.117. The van der Waals surface area contributed by atoms with E-state index in [0.29, 0.717) is 0 Å². The highest BCUT2D eigenvalue weighted by Crippen LogP contribution is 2.35. The van der Waals surface area contributed by atoms with E-state index in [1.54, 1.807) is 6.07 Å². The second-order valence-corrected chi connectivity index (χ2v) is 5.38. The van der Waals surface area contributed by atoms with Crippen LogP contribution < -0.4 is 11.1 Å². The predicted molar refractivity (Wildman–Crippen MR) is 80.4 cm³/mol. The molecule has 1 aliphatic carbocycles. The fraction of sp³-hybridized carbons (Fsp3) is 0.235. The van der Waals surface area contributed by atoms with Crippen molar-refractivity contribution in [2.45, 2.75) is 25.3 Å². The van der Waals surface area contributed by atoms with E-state index in [-0.39, 0.29) is 24.2 Å². The molecule has 0 fully saturated rings. The van der Waals surface area contributed by atoms with Gasteiger partial charge in [-0.15, -0.1) is 0 Å². The first-order valence-electron chi connectivity index (χ1n) is 7.04. The van der Waals surface area contributed by atoms with E-state index in [0.717, 1.165) is 35.2 Å². The number of halogens is 1. The Morgan fingerprint density at radius 2 is 2.10 bits per heavy atom. The number of anilines is 1. The molecule has 4 heteroatoms. The summed E-state index contributed by atoms with van der Waals surface area (Å²) >= 11 is 0. The van der Waals surface area contributed by atoms with Crippen LogP contribution in [0.25, 0.3) is 0 Å². The van der Waals surface area contributed by atoms with Crippen LogP contribution >= 0.6 is 0 Å². The molecule has 1 amide bonds. The summed E-state index contributed by atoms with van der Waals surface area (Å²) < 4.78 is 13.3. The molecule has 0 saturated carbocycles. The average molecular weight is 284 g/mol. The fourth-order valence-corrected chi connectivity index (χ4v) is 2.93. The zero-order chi connectivity index (χ0) is 14.8. The van der Waals surface area contributed by atoms with Crippen LogP contribution in [-0.4, -0.2) is 5.91 Å². The molecular formula is C17H17FN2O. The van der Waals surface area contributed by atoms with Crippen LogP contribution in [0.4, 0.5) is 10.1 Å². The molecule has 108 valence electrons. The number of primary amides is 1. The van der Waals surface area contributed by atoms with Gasteiger partial charge in [0.05, 0.1) is 12.5 Å². The first-order chi connectivity index (χ1) is 10.1. The first-order valence-corrected chi connectivity index (χ1v) is 7.04. The van der Waals surface area contributed by atoms with Gasteiger partial charge >= 0.3 is 0 Å². The largest absolute Gasteiger partial charge is 0.378 e. The molecule has 2 aromatic carbocycles. The van der Waals surface area contributed by atoms with Gasteiger partial charge in [0.15, 0.2) is 0 Å². The number of hydrogen-bond donors (Lipinski definition) is 2. The van der Waals surface area contributed by atoms with E-state index in [1.165, 1.54) is 6.07 Å². The monoisotopic (exact) mass is 284 g/mol. The van der Waals surface area contributed by atoms with Crippen molar-refractivity contribution in [3.63, 3.8) is 0 Å². The summed E-state index contributed by atoms with van der Waals surface area (Å²) in [6, 6.07) is 12.7. The molecule has 1 aliphatic rings. The molecule has 1 unspecified atom stereocenters. The van der Waals surface area contributed by atoms with Crippen molar-refractivity contribution in [1.29, 1.82) is 0 Å². The maximum atomic E-state index is 13.3. The van der Waals surface area contributed by atoms with Crippen LogP contribution in [0.2, 0.25) is 0 Å². The Kier molecular flexibility index (Phi) is 3.60. The highest BCUT2D eigenvalue weighted by molar-refractivity contribution is 5.78. The summed E-state index contributed by atoms with van der Waals surface area (Å²) in [6.45, 7) is 0. The second-order valence-electron chi connectivity index (χ2n) is 5.38. The van der Waals surface area contributed by atoms with E-state index >= 15 is 0 Å². The van der Waals surface area contributed by atoms with Gasteiger partial charge in [-0.25, -0.2) is 4.39 Å². The smallest absolute Gasteiger partial charge is 0.221 e. The zero-order valence-corrected chi connectivity index (χ0v) is 11.6. The summed E-state index contributed by atoms with van der Waals surface area (Å²) in [5, 5.41) is 3.46. The van der Waals surface area contributed by atoms with Crippen molar-refractivity contribution in [3.8, 4) is 0 Å². The number of aryl methyl sites for hydroxylation is 1. The number of carbonyl (C=O) groups excluding carboxylic acids is 1. The number of para-hydroxylation sites is 1. The van der Waals surface area contributed by atoms with Gasteiger partial charge in [0.2, 0.25) is 5.91 Å². The summed E-state index contributed by atoms with van der Waals surface area (Å²) in [5.74, 6) is -0.540. The zero-order valence-electron chi connectivity index (χ0n) is 11.6. The maximum Gasteiger partial charge on any atom is 0.221 e. The number of amides is 1. The second kappa shape index (κ2) is 5.56. The van der Waals surface area contributed by atoms with E-state index in [2.05, 4.69) is 5.32 Å². The Balaban J connectivity index is 1.85. The fourth-order valence-electron chi connectivity index (χ4n) is 2.93. The minimum absolute atomic E-state index is 0.148. The Labute approximate surface area is 123 Å². The van der Waals surface area contributed by atoms with Crippen molar-refractivity contribution < 1.29 is 9.18 Å². The molecule has 0 aliphatic heterocycles. The van der Waals surface area contributed by atoms with E-state index in [9.17, 15) is 9.18 Å². The lowest BCUT2D eigenvalue weighted by Crippen LogP contribution is -2.16. The molecular weight excluding hydrogens is 267 g/mol. The predicted octanol–water partition coefficient (Wildman–Crippen LogP) is 2.95. The van der Waals surface area contributed by atoms with Gasteiger partial charge in [-0.3, -0.25) is 4.79 Å². The minimum Gasteiger partial charge on any atom is -0.378 e. The average Bonchev–Trinajstić information content (AvgIpc) is 2.83. The van der Waals surface area contributed by atoms with Crippen molar-refractivity contribution >= 4 is 11.6 Å². The van der Waals surface area contributed by atoms with Crippen molar-refractivity contribution in [1.82, 2.24) is 0 Å². The van der Waals surface area contributed by atoms with Crippen LogP contribution in [0.3, 0.4) is 0 Å². The molecule has 3 nitrogen and oxygen atoms in total. The summed E-state index contributed by atoms with van der Waals surface area (Å²) in [7, 11) is 0. The highest BCUT2D eigenvalue weighted by Gasteiger charge is 2.23. The molecule has 2 aromatic rings. The third-order valence-corrected chi connectivity index (χ3v) is 3.89. The standard InChI is InChI=1S/C17H17FN2O/c18-13-6-7-14-11(9-13)5-8-16(14)20-15-4-2-1-3-12(15)10-17(19)21/h1-4,6-7,9,16,20H,5,8,10H2,(H2,19,21). The van der Waals surface area contributed by atoms with Gasteiger partial charge in [0, 0.05) is 5.69 Å². The van der Waals surface area contributed by atoms with Crippen LogP contribution in [-0.2, 0) is 17.6 Å². The molecule has 0 radical (unpaired) electrons. The summed E-state index contributed by atoms with van der Waals surface area (Å²) in [5.41, 5.74) is 9.28. The van der Waals surface area contributed by atoms with E-state index < -0.39 is 0 Å². The number of benzene rings is 2. The van der Waals surface area contributed by atoms with Gasteiger partial charge in [-0.1, -0.05) is 24.3 Å². The van der Waals surface area contributed by atoms with Gasteiger partial charge in [-0.05, 0) is 47.7 Å². The number of hydrogen-bond acceptors (Lipinski definition) is 2. The Bertz CT molecular complexity index is 684. The molecule has 3 rings (SSSR count). The topological polar surface area (TPSA) is 55.1 Å². The van der Waals surface area contributed by atoms with Crippen LogP contribution in [0.5, 0.6) is 0 Å². The van der Waals surface area contributed by atoms with Gasteiger partial charge < -0.3 is 11.1 Å². The van der Waals surface area contributed by atoms with Crippen LogP contribution in [0, 0.1) is 5.82 Å². The number of nitrogens with one attached hydrogen (secondary N) is 1. The quantitative estimate of drug-likeness (QED) is 0.907. The Morgan fingerprint density at radius 3 is 2.90 bits per heavy atom. The van der Waals surface area contributed by atoms with E-state index in [1.807, 2.05) is 30.3 Å². The lowest BCUT2D eigenvalue weighted by Gasteiger charge is -2.18. The molecule has 0 saturated heterocycles. The normalized spacial score (nSPS) is 16.5. The number of rotatable bonds is 4. The third kappa shape index (κ3) is 2.89. The van der Waals surface area contributed by atoms with Gasteiger partial charge in [0.1, 0.15) is 5.82 Å². The number of nitrogens with two attached hydrogens (primary N) is 1. The third-order valence-electron chi connectivity index (χ3n) is 3.89. The molecule has 21 heavy (non-hydrogen) atoms. The Hall–Kier alpha value is -2.36. The van der Waals surface area contributed by atoms with Crippen LogP contribution in [0.15, 0.2) is 42.5 Å². The minimum atomic E-state index is -0.349. The summed E-state index contributed by atoms with van der Waals surface area (Å²) in [6.07, 6.45) is 2.00. The lowest BCUT2D eigenvalue weighted by atomic mass is 10.1.